The highest BCUT2D eigenvalue weighted by atomic mass is 35.5. The van der Waals surface area contributed by atoms with E-state index in [1.54, 1.807) is 66.7 Å². The van der Waals surface area contributed by atoms with Gasteiger partial charge in [-0.25, -0.2) is 9.88 Å². The first kappa shape index (κ1) is 23.7. The van der Waals surface area contributed by atoms with E-state index in [1.807, 2.05) is 17.5 Å². The number of anilines is 3. The topological polar surface area (TPSA) is 91.4 Å². The molecule has 7 nitrogen and oxygen atoms in total. The van der Waals surface area contributed by atoms with Gasteiger partial charge >= 0.3 is 0 Å². The van der Waals surface area contributed by atoms with Crippen LogP contribution in [-0.4, -0.2) is 22.7 Å². The van der Waals surface area contributed by atoms with Crippen LogP contribution in [0.1, 0.15) is 10.4 Å². The van der Waals surface area contributed by atoms with Crippen molar-refractivity contribution in [2.45, 2.75) is 0 Å². The van der Waals surface area contributed by atoms with Crippen molar-refractivity contribution in [3.05, 3.63) is 106 Å². The standard InChI is InChI=1S/C26H16Cl2N4O3S/c27-17-10-6-15(7-11-17)20-14-36-26(30-20)31-23(33)16-8-12-18(13-9-16)29-22-21(28)24(34)32(25(22)35)19-4-2-1-3-5-19/h1-14,29H,(H,30,31,33). The number of para-hydroxylation sites is 1. The quantitative estimate of drug-likeness (QED) is 0.289. The fourth-order valence-electron chi connectivity index (χ4n) is 3.53. The molecule has 3 amide bonds. The first-order valence-corrected chi connectivity index (χ1v) is 12.3. The molecule has 2 N–H and O–H groups in total. The van der Waals surface area contributed by atoms with E-state index in [0.29, 0.717) is 27.1 Å². The molecule has 0 unspecified atom stereocenters. The molecule has 0 spiro atoms. The fourth-order valence-corrected chi connectivity index (χ4v) is 4.58. The number of carbonyl (C=O) groups excluding carboxylic acids is 3. The van der Waals surface area contributed by atoms with Crippen molar-refractivity contribution in [1.82, 2.24) is 4.98 Å². The zero-order valence-corrected chi connectivity index (χ0v) is 20.7. The van der Waals surface area contributed by atoms with Crippen molar-refractivity contribution in [2.24, 2.45) is 0 Å². The molecule has 36 heavy (non-hydrogen) atoms. The van der Waals surface area contributed by atoms with E-state index in [0.717, 1.165) is 16.2 Å². The number of halogens is 2. The molecule has 0 saturated heterocycles. The molecule has 10 heteroatoms. The van der Waals surface area contributed by atoms with Crippen molar-refractivity contribution in [3.8, 4) is 11.3 Å². The second-order valence-electron chi connectivity index (χ2n) is 7.67. The minimum Gasteiger partial charge on any atom is -0.350 e. The average Bonchev–Trinajstić information content (AvgIpc) is 3.44. The van der Waals surface area contributed by atoms with E-state index < -0.39 is 11.8 Å². The van der Waals surface area contributed by atoms with E-state index in [2.05, 4.69) is 15.6 Å². The Bertz CT molecular complexity index is 1500. The predicted octanol–water partition coefficient (Wildman–Crippen LogP) is 6.15. The largest absolute Gasteiger partial charge is 0.350 e. The maximum atomic E-state index is 12.9. The maximum Gasteiger partial charge on any atom is 0.283 e. The summed E-state index contributed by atoms with van der Waals surface area (Å²) in [6, 6.07) is 22.2. The molecule has 0 aliphatic carbocycles. The Morgan fingerprint density at radius 1 is 0.861 bits per heavy atom. The van der Waals surface area contributed by atoms with Crippen molar-refractivity contribution in [3.63, 3.8) is 0 Å². The monoisotopic (exact) mass is 534 g/mol. The summed E-state index contributed by atoms with van der Waals surface area (Å²) in [6.07, 6.45) is 0. The van der Waals surface area contributed by atoms with Gasteiger partial charge in [0.15, 0.2) is 5.13 Å². The molecule has 2 heterocycles. The molecule has 3 aromatic carbocycles. The molecule has 1 aliphatic heterocycles. The summed E-state index contributed by atoms with van der Waals surface area (Å²) < 4.78 is 0. The van der Waals surface area contributed by atoms with Crippen LogP contribution in [0.25, 0.3) is 11.3 Å². The average molecular weight is 535 g/mol. The van der Waals surface area contributed by atoms with Crippen molar-refractivity contribution >= 4 is 68.8 Å². The molecule has 4 aromatic rings. The van der Waals surface area contributed by atoms with Crippen LogP contribution >= 0.6 is 34.5 Å². The first-order chi connectivity index (χ1) is 17.4. The number of imide groups is 1. The van der Waals surface area contributed by atoms with E-state index >= 15 is 0 Å². The van der Waals surface area contributed by atoms with Gasteiger partial charge in [-0.1, -0.05) is 53.5 Å². The summed E-state index contributed by atoms with van der Waals surface area (Å²) in [7, 11) is 0. The second kappa shape index (κ2) is 9.94. The molecule has 0 radical (unpaired) electrons. The van der Waals surface area contributed by atoms with Crippen LogP contribution in [0, 0.1) is 0 Å². The number of hydrogen-bond acceptors (Lipinski definition) is 6. The molecule has 178 valence electrons. The van der Waals surface area contributed by atoms with Crippen LogP contribution in [0.5, 0.6) is 0 Å². The molecule has 0 saturated carbocycles. The van der Waals surface area contributed by atoms with Gasteiger partial charge < -0.3 is 5.32 Å². The molecule has 5 rings (SSSR count). The second-order valence-corrected chi connectivity index (χ2v) is 9.34. The first-order valence-electron chi connectivity index (χ1n) is 10.6. The molecule has 1 aromatic heterocycles. The molecule has 0 atom stereocenters. The molecule has 1 aliphatic rings. The van der Waals surface area contributed by atoms with Gasteiger partial charge in [-0.05, 0) is 48.5 Å². The summed E-state index contributed by atoms with van der Waals surface area (Å²) >= 11 is 13.4. The number of thiazole rings is 1. The number of benzene rings is 3. The minimum atomic E-state index is -0.604. The summed E-state index contributed by atoms with van der Waals surface area (Å²) in [4.78, 5) is 43.6. The van der Waals surface area contributed by atoms with Gasteiger partial charge in [-0.3, -0.25) is 19.7 Å². The van der Waals surface area contributed by atoms with Gasteiger partial charge in [0.2, 0.25) is 0 Å². The van der Waals surface area contributed by atoms with Gasteiger partial charge in [-0.2, -0.15) is 0 Å². The zero-order chi connectivity index (χ0) is 25.2. The number of aromatic nitrogens is 1. The van der Waals surface area contributed by atoms with Crippen LogP contribution in [-0.2, 0) is 9.59 Å². The van der Waals surface area contributed by atoms with Crippen molar-refractivity contribution in [1.29, 1.82) is 0 Å². The lowest BCUT2D eigenvalue weighted by Crippen LogP contribution is -2.32. The van der Waals surface area contributed by atoms with E-state index in [4.69, 9.17) is 23.2 Å². The molecular formula is C26H16Cl2N4O3S. The molecule has 0 fully saturated rings. The van der Waals surface area contributed by atoms with Crippen LogP contribution in [0.3, 0.4) is 0 Å². The summed E-state index contributed by atoms with van der Waals surface area (Å²) in [5.41, 5.74) is 2.91. The third kappa shape index (κ3) is 4.74. The lowest BCUT2D eigenvalue weighted by atomic mass is 10.2. The predicted molar refractivity (Wildman–Crippen MR) is 142 cm³/mol. The lowest BCUT2D eigenvalue weighted by molar-refractivity contribution is -0.120. The van der Waals surface area contributed by atoms with E-state index in [-0.39, 0.29) is 16.6 Å². The zero-order valence-electron chi connectivity index (χ0n) is 18.4. The van der Waals surface area contributed by atoms with Gasteiger partial charge in [0.05, 0.1) is 11.4 Å². The number of rotatable bonds is 6. The Balaban J connectivity index is 1.26. The normalized spacial score (nSPS) is 13.3. The summed E-state index contributed by atoms with van der Waals surface area (Å²) in [5, 5.41) is 8.42. The van der Waals surface area contributed by atoms with Crippen molar-refractivity contribution in [2.75, 3.05) is 15.5 Å². The van der Waals surface area contributed by atoms with Gasteiger partial charge in [0.25, 0.3) is 17.7 Å². The number of nitrogens with zero attached hydrogens (tertiary/aromatic N) is 2. The number of nitrogens with one attached hydrogen (secondary N) is 2. The Hall–Kier alpha value is -3.98. The SMILES string of the molecule is O=C(Nc1nc(-c2ccc(Cl)cc2)cs1)c1ccc(NC2=C(Cl)C(=O)N(c3ccccc3)C2=O)cc1. The van der Waals surface area contributed by atoms with Crippen LogP contribution in [0.2, 0.25) is 5.02 Å². The smallest absolute Gasteiger partial charge is 0.283 e. The lowest BCUT2D eigenvalue weighted by Gasteiger charge is -2.14. The minimum absolute atomic E-state index is 0.0276. The Labute approximate surface area is 220 Å². The number of carbonyl (C=O) groups is 3. The maximum absolute atomic E-state index is 12.9. The van der Waals surface area contributed by atoms with Gasteiger partial charge in [0.1, 0.15) is 10.7 Å². The number of amides is 3. The Kier molecular flexibility index (Phi) is 6.56. The van der Waals surface area contributed by atoms with E-state index in [1.165, 1.54) is 11.3 Å². The number of hydrogen-bond donors (Lipinski definition) is 2. The summed E-state index contributed by atoms with van der Waals surface area (Å²) in [6.45, 7) is 0. The van der Waals surface area contributed by atoms with Crippen LogP contribution in [0.15, 0.2) is 95.0 Å². The Morgan fingerprint density at radius 2 is 1.56 bits per heavy atom. The highest BCUT2D eigenvalue weighted by Gasteiger charge is 2.38. The third-order valence-electron chi connectivity index (χ3n) is 5.32. The highest BCUT2D eigenvalue weighted by Crippen LogP contribution is 2.30. The van der Waals surface area contributed by atoms with E-state index in [9.17, 15) is 14.4 Å². The van der Waals surface area contributed by atoms with Crippen LogP contribution < -0.4 is 15.5 Å². The van der Waals surface area contributed by atoms with Gasteiger partial charge in [0, 0.05) is 27.2 Å². The molecular weight excluding hydrogens is 519 g/mol. The summed E-state index contributed by atoms with van der Waals surface area (Å²) in [5.74, 6) is -1.50. The third-order valence-corrected chi connectivity index (χ3v) is 6.68. The van der Waals surface area contributed by atoms with Crippen molar-refractivity contribution < 1.29 is 14.4 Å². The van der Waals surface area contributed by atoms with Gasteiger partial charge in [-0.15, -0.1) is 11.3 Å². The van der Waals surface area contributed by atoms with Crippen LogP contribution in [0.4, 0.5) is 16.5 Å². The Morgan fingerprint density at radius 3 is 2.25 bits per heavy atom. The highest BCUT2D eigenvalue weighted by molar-refractivity contribution is 7.14. The fraction of sp³-hybridized carbons (Fsp3) is 0. The molecule has 0 bridgehead atoms.